The molecule has 0 aliphatic carbocycles. The van der Waals surface area contributed by atoms with Crippen molar-refractivity contribution in [3.63, 3.8) is 0 Å². The maximum Gasteiger partial charge on any atom is 0.261 e. The van der Waals surface area contributed by atoms with Crippen molar-refractivity contribution in [3.8, 4) is 0 Å². The first-order valence-electron chi connectivity index (χ1n) is 8.20. The van der Waals surface area contributed by atoms with E-state index >= 15 is 0 Å². The number of rotatable bonds is 6. The van der Waals surface area contributed by atoms with E-state index in [1.54, 1.807) is 12.1 Å². The largest absolute Gasteiger partial charge is 0.342 e. The minimum atomic E-state index is -3.75. The minimum Gasteiger partial charge on any atom is -0.342 e. The molecule has 134 valence electrons. The first-order valence-corrected chi connectivity index (χ1v) is 9.69. The maximum atomic E-state index is 13.0. The van der Waals surface area contributed by atoms with E-state index in [1.807, 2.05) is 42.5 Å². The Kier molecular flexibility index (Phi) is 5.23. The van der Waals surface area contributed by atoms with Crippen molar-refractivity contribution in [2.45, 2.75) is 11.8 Å². The third-order valence-corrected chi connectivity index (χ3v) is 5.34. The zero-order valence-corrected chi connectivity index (χ0v) is 15.1. The Morgan fingerprint density at radius 2 is 1.42 bits per heavy atom. The van der Waals surface area contributed by atoms with E-state index in [0.29, 0.717) is 5.69 Å². The van der Waals surface area contributed by atoms with Crippen LogP contribution in [0.3, 0.4) is 0 Å². The van der Waals surface area contributed by atoms with E-state index in [-0.39, 0.29) is 4.90 Å². The number of nitrogens with zero attached hydrogens (tertiary/aromatic N) is 1. The van der Waals surface area contributed by atoms with Crippen LogP contribution in [0.2, 0.25) is 0 Å². The number of hydrogen-bond donors (Lipinski definition) is 1. The van der Waals surface area contributed by atoms with Gasteiger partial charge < -0.3 is 4.90 Å². The summed E-state index contributed by atoms with van der Waals surface area (Å²) in [4.78, 5) is 2.14. The van der Waals surface area contributed by atoms with Gasteiger partial charge in [0.2, 0.25) is 0 Å². The highest BCUT2D eigenvalue weighted by Crippen LogP contribution is 2.26. The number of halogens is 1. The highest BCUT2D eigenvalue weighted by Gasteiger charge is 2.14. The first kappa shape index (κ1) is 17.9. The zero-order valence-electron chi connectivity index (χ0n) is 14.3. The molecule has 0 aromatic heterocycles. The Hall–Kier alpha value is -2.86. The van der Waals surface area contributed by atoms with Crippen LogP contribution >= 0.6 is 0 Å². The molecule has 3 rings (SSSR count). The van der Waals surface area contributed by atoms with Crippen LogP contribution in [0.1, 0.15) is 6.92 Å². The summed E-state index contributed by atoms with van der Waals surface area (Å²) in [5.41, 5.74) is 2.47. The zero-order chi connectivity index (χ0) is 18.6. The van der Waals surface area contributed by atoms with Crippen LogP contribution in [0.5, 0.6) is 0 Å². The third kappa shape index (κ3) is 4.03. The van der Waals surface area contributed by atoms with Crippen molar-refractivity contribution in [2.75, 3.05) is 16.2 Å². The molecule has 0 heterocycles. The molecule has 0 unspecified atom stereocenters. The number of para-hydroxylation sites is 1. The lowest BCUT2D eigenvalue weighted by atomic mass is 10.2. The molecular formula is C20H19FN2O2S. The Morgan fingerprint density at radius 3 is 2.00 bits per heavy atom. The van der Waals surface area contributed by atoms with Crippen LogP contribution in [0.25, 0.3) is 0 Å². The third-order valence-electron chi connectivity index (χ3n) is 3.94. The number of hydrogen-bond acceptors (Lipinski definition) is 3. The van der Waals surface area contributed by atoms with Gasteiger partial charge in [-0.15, -0.1) is 0 Å². The van der Waals surface area contributed by atoms with E-state index < -0.39 is 15.8 Å². The Balaban J connectivity index is 1.80. The van der Waals surface area contributed by atoms with E-state index in [4.69, 9.17) is 0 Å². The fourth-order valence-corrected chi connectivity index (χ4v) is 3.72. The van der Waals surface area contributed by atoms with Gasteiger partial charge in [0.25, 0.3) is 10.0 Å². The standard InChI is InChI=1S/C20H19FN2O2S/c1-2-23(18-6-4-3-5-7-18)19-12-10-17(11-13-19)22-26(24,25)20-14-8-16(21)9-15-20/h3-15,22H,2H2,1H3. The summed E-state index contributed by atoms with van der Waals surface area (Å²) in [6.45, 7) is 2.84. The van der Waals surface area contributed by atoms with Gasteiger partial charge in [0.05, 0.1) is 4.90 Å². The molecular weight excluding hydrogens is 351 g/mol. The van der Waals surface area contributed by atoms with Gasteiger partial charge in [-0.2, -0.15) is 0 Å². The molecule has 0 amide bonds. The predicted octanol–water partition coefficient (Wildman–Crippen LogP) is 4.78. The summed E-state index contributed by atoms with van der Waals surface area (Å²) in [6, 6.07) is 21.8. The second-order valence-corrected chi connectivity index (χ2v) is 7.37. The highest BCUT2D eigenvalue weighted by atomic mass is 32.2. The van der Waals surface area contributed by atoms with Crippen LogP contribution in [0.4, 0.5) is 21.5 Å². The Labute approximate surface area is 153 Å². The lowest BCUT2D eigenvalue weighted by Gasteiger charge is -2.23. The van der Waals surface area contributed by atoms with E-state index in [1.165, 1.54) is 12.1 Å². The molecule has 0 fully saturated rings. The maximum absolute atomic E-state index is 13.0. The minimum absolute atomic E-state index is 0.0162. The highest BCUT2D eigenvalue weighted by molar-refractivity contribution is 7.92. The van der Waals surface area contributed by atoms with E-state index in [0.717, 1.165) is 30.1 Å². The molecule has 0 aliphatic heterocycles. The number of anilines is 3. The molecule has 4 nitrogen and oxygen atoms in total. The molecule has 0 bridgehead atoms. The topological polar surface area (TPSA) is 49.4 Å². The first-order chi connectivity index (χ1) is 12.5. The molecule has 3 aromatic rings. The summed E-state index contributed by atoms with van der Waals surface area (Å²) < 4.78 is 40.2. The van der Waals surface area contributed by atoms with E-state index in [2.05, 4.69) is 16.5 Å². The SMILES string of the molecule is CCN(c1ccccc1)c1ccc(NS(=O)(=O)c2ccc(F)cc2)cc1. The van der Waals surface area contributed by atoms with Gasteiger partial charge in [-0.1, -0.05) is 18.2 Å². The van der Waals surface area contributed by atoms with Gasteiger partial charge in [-0.3, -0.25) is 4.72 Å². The lowest BCUT2D eigenvalue weighted by molar-refractivity contribution is 0.599. The van der Waals surface area contributed by atoms with Gasteiger partial charge in [0.1, 0.15) is 5.82 Å². The van der Waals surface area contributed by atoms with Gasteiger partial charge >= 0.3 is 0 Å². The smallest absolute Gasteiger partial charge is 0.261 e. The fraction of sp³-hybridized carbons (Fsp3) is 0.100. The van der Waals surface area contributed by atoms with Crippen molar-refractivity contribution in [1.29, 1.82) is 0 Å². The molecule has 0 saturated carbocycles. The molecule has 0 radical (unpaired) electrons. The average molecular weight is 370 g/mol. The summed E-state index contributed by atoms with van der Waals surface area (Å²) in [6.07, 6.45) is 0. The molecule has 0 atom stereocenters. The van der Waals surface area contributed by atoms with Crippen LogP contribution in [-0.4, -0.2) is 15.0 Å². The van der Waals surface area contributed by atoms with E-state index in [9.17, 15) is 12.8 Å². The number of nitrogens with one attached hydrogen (secondary N) is 1. The monoisotopic (exact) mass is 370 g/mol. The van der Waals surface area contributed by atoms with Crippen LogP contribution in [-0.2, 0) is 10.0 Å². The molecule has 1 N–H and O–H groups in total. The molecule has 26 heavy (non-hydrogen) atoms. The quantitative estimate of drug-likeness (QED) is 0.679. The van der Waals surface area contributed by atoms with Crippen LogP contribution < -0.4 is 9.62 Å². The second kappa shape index (κ2) is 7.58. The van der Waals surface area contributed by atoms with Crippen LogP contribution in [0, 0.1) is 5.82 Å². The van der Waals surface area contributed by atoms with Gasteiger partial charge in [-0.05, 0) is 67.6 Å². The lowest BCUT2D eigenvalue weighted by Crippen LogP contribution is -2.16. The van der Waals surface area contributed by atoms with Gasteiger partial charge in [0.15, 0.2) is 0 Å². The summed E-state index contributed by atoms with van der Waals surface area (Å²) in [5.74, 6) is -0.478. The van der Waals surface area contributed by atoms with Gasteiger partial charge in [0, 0.05) is 23.6 Å². The van der Waals surface area contributed by atoms with Crippen LogP contribution in [0.15, 0.2) is 83.8 Å². The summed E-state index contributed by atoms with van der Waals surface area (Å²) >= 11 is 0. The summed E-state index contributed by atoms with van der Waals surface area (Å²) in [7, 11) is -3.75. The average Bonchev–Trinajstić information content (AvgIpc) is 2.65. The van der Waals surface area contributed by atoms with Crippen molar-refractivity contribution < 1.29 is 12.8 Å². The Morgan fingerprint density at radius 1 is 0.846 bits per heavy atom. The molecule has 0 saturated heterocycles. The van der Waals surface area contributed by atoms with Gasteiger partial charge in [-0.25, -0.2) is 12.8 Å². The second-order valence-electron chi connectivity index (χ2n) is 5.69. The molecule has 6 heteroatoms. The Bertz CT molecular complexity index is 957. The number of benzene rings is 3. The number of sulfonamides is 1. The summed E-state index contributed by atoms with van der Waals surface area (Å²) in [5, 5.41) is 0. The fourth-order valence-electron chi connectivity index (χ4n) is 2.66. The predicted molar refractivity (Wildman–Crippen MR) is 103 cm³/mol. The van der Waals surface area contributed by atoms with Crippen molar-refractivity contribution in [1.82, 2.24) is 0 Å². The van der Waals surface area contributed by atoms with Crippen molar-refractivity contribution >= 4 is 27.1 Å². The van der Waals surface area contributed by atoms with Crippen molar-refractivity contribution in [3.05, 3.63) is 84.7 Å². The normalized spacial score (nSPS) is 11.2. The molecule has 0 aliphatic rings. The molecule has 0 spiro atoms. The molecule has 3 aromatic carbocycles. The van der Waals surface area contributed by atoms with Crippen molar-refractivity contribution in [2.24, 2.45) is 0 Å².